The lowest BCUT2D eigenvalue weighted by Gasteiger charge is -2.22. The molecule has 0 spiro atoms. The third kappa shape index (κ3) is 5.87. The number of hydrogen-bond acceptors (Lipinski definition) is 10. The third-order valence-corrected chi connectivity index (χ3v) is 6.86. The number of carbonyl (C=O) groups excluding carboxylic acids is 2. The van der Waals surface area contributed by atoms with Crippen LogP contribution in [0.5, 0.6) is 5.75 Å². The van der Waals surface area contributed by atoms with Crippen molar-refractivity contribution < 1.29 is 23.5 Å². The van der Waals surface area contributed by atoms with E-state index < -0.39 is 16.8 Å². The molecule has 4 aromatic heterocycles. The molecule has 11 nitrogen and oxygen atoms in total. The number of ketones is 1. The molecule has 0 amide bonds. The van der Waals surface area contributed by atoms with Gasteiger partial charge in [-0.1, -0.05) is 11.6 Å². The van der Waals surface area contributed by atoms with Gasteiger partial charge in [0.25, 0.3) is 17.4 Å². The number of thiophene rings is 1. The zero-order valence-corrected chi connectivity index (χ0v) is 22.8. The SMILES string of the molecule is COCC(C)(C)C(=O)n1nc(-c2cc(OC)cc(=O)n2CC(=O)c2ncco2)cc1NCc1ccc(Cl)s1. The molecule has 1 N–H and O–H groups in total. The summed E-state index contributed by atoms with van der Waals surface area (Å²) in [5, 5.41) is 7.79. The molecule has 0 fully saturated rings. The van der Waals surface area contributed by atoms with Crippen LogP contribution in [-0.4, -0.2) is 51.8 Å². The Kier molecular flexibility index (Phi) is 8.14. The minimum Gasteiger partial charge on any atom is -0.496 e. The quantitative estimate of drug-likeness (QED) is 0.268. The number of ether oxygens (including phenoxy) is 2. The van der Waals surface area contributed by atoms with Crippen LogP contribution >= 0.6 is 22.9 Å². The molecule has 0 aromatic carbocycles. The third-order valence-electron chi connectivity index (χ3n) is 5.63. The number of anilines is 1. The fourth-order valence-corrected chi connectivity index (χ4v) is 4.79. The minimum absolute atomic E-state index is 0.127. The number of methoxy groups -OCH3 is 2. The van der Waals surface area contributed by atoms with Gasteiger partial charge in [0, 0.05) is 30.2 Å². The predicted molar refractivity (Wildman–Crippen MR) is 142 cm³/mol. The molecule has 0 radical (unpaired) electrons. The number of hydrogen-bond donors (Lipinski definition) is 1. The van der Waals surface area contributed by atoms with Crippen LogP contribution in [0.3, 0.4) is 0 Å². The lowest BCUT2D eigenvalue weighted by molar-refractivity contribution is 0.0529. The van der Waals surface area contributed by atoms with E-state index in [-0.39, 0.29) is 42.1 Å². The standard InChI is InChI=1S/C25H26ClN5O6S/c1-25(2,14-35-3)24(34)31-21(28-12-16-5-6-20(26)38-16)11-17(29-31)18-9-15(36-4)10-22(33)30(18)13-19(32)23-27-7-8-37-23/h5-11,28H,12-14H2,1-4H3. The van der Waals surface area contributed by atoms with Crippen molar-refractivity contribution in [1.82, 2.24) is 19.3 Å². The van der Waals surface area contributed by atoms with Gasteiger partial charge in [-0.05, 0) is 26.0 Å². The fourth-order valence-electron chi connectivity index (χ4n) is 3.76. The summed E-state index contributed by atoms with van der Waals surface area (Å²) in [5.41, 5.74) is -0.861. The topological polar surface area (TPSA) is 130 Å². The van der Waals surface area contributed by atoms with Gasteiger partial charge in [-0.2, -0.15) is 9.78 Å². The molecule has 0 aliphatic heterocycles. The van der Waals surface area contributed by atoms with E-state index in [1.807, 2.05) is 6.07 Å². The van der Waals surface area contributed by atoms with Crippen molar-refractivity contribution in [3.8, 4) is 17.1 Å². The van der Waals surface area contributed by atoms with Gasteiger partial charge in [-0.25, -0.2) is 4.98 Å². The van der Waals surface area contributed by atoms with Crippen LogP contribution in [-0.2, 0) is 17.8 Å². The molecule has 200 valence electrons. The molecule has 0 bridgehead atoms. The smallest absolute Gasteiger partial charge is 0.264 e. The first kappa shape index (κ1) is 27.3. The van der Waals surface area contributed by atoms with Gasteiger partial charge in [0.1, 0.15) is 23.5 Å². The van der Waals surface area contributed by atoms with E-state index in [2.05, 4.69) is 15.4 Å². The monoisotopic (exact) mass is 559 g/mol. The molecule has 13 heteroatoms. The average molecular weight is 560 g/mol. The predicted octanol–water partition coefficient (Wildman–Crippen LogP) is 4.23. The van der Waals surface area contributed by atoms with Crippen LogP contribution < -0.4 is 15.6 Å². The Hall–Kier alpha value is -3.74. The summed E-state index contributed by atoms with van der Waals surface area (Å²) in [6.07, 6.45) is 2.62. The molecule has 0 saturated carbocycles. The van der Waals surface area contributed by atoms with Crippen LogP contribution in [0.4, 0.5) is 5.82 Å². The van der Waals surface area contributed by atoms with Gasteiger partial charge in [0.2, 0.25) is 5.78 Å². The summed E-state index contributed by atoms with van der Waals surface area (Å²) in [7, 11) is 2.94. The molecule has 4 aromatic rings. The highest BCUT2D eigenvalue weighted by Gasteiger charge is 2.32. The molecular formula is C25H26ClN5O6S. The maximum absolute atomic E-state index is 13.5. The maximum Gasteiger partial charge on any atom is 0.264 e. The van der Waals surface area contributed by atoms with Crippen molar-refractivity contribution in [2.24, 2.45) is 5.41 Å². The Balaban J connectivity index is 1.80. The molecule has 38 heavy (non-hydrogen) atoms. The highest BCUT2D eigenvalue weighted by atomic mass is 35.5. The second kappa shape index (κ2) is 11.3. The Morgan fingerprint density at radius 2 is 2.00 bits per heavy atom. The first-order valence-electron chi connectivity index (χ1n) is 11.5. The van der Waals surface area contributed by atoms with Crippen molar-refractivity contribution in [3.05, 3.63) is 68.2 Å². The van der Waals surface area contributed by atoms with Crippen molar-refractivity contribution >= 4 is 40.4 Å². The highest BCUT2D eigenvalue weighted by molar-refractivity contribution is 7.16. The highest BCUT2D eigenvalue weighted by Crippen LogP contribution is 2.29. The largest absolute Gasteiger partial charge is 0.496 e. The van der Waals surface area contributed by atoms with Crippen molar-refractivity contribution in [2.45, 2.75) is 26.9 Å². The maximum atomic E-state index is 13.5. The summed E-state index contributed by atoms with van der Waals surface area (Å²) in [6, 6.07) is 8.14. The Labute approximate surface area is 227 Å². The number of pyridine rings is 1. The molecule has 0 saturated heterocycles. The van der Waals surface area contributed by atoms with Crippen LogP contribution in [0.2, 0.25) is 4.34 Å². The molecule has 0 unspecified atom stereocenters. The lowest BCUT2D eigenvalue weighted by Crippen LogP contribution is -2.35. The van der Waals surface area contributed by atoms with Gasteiger partial charge < -0.3 is 19.2 Å². The van der Waals surface area contributed by atoms with Gasteiger partial charge in [0.15, 0.2) is 0 Å². The van der Waals surface area contributed by atoms with E-state index >= 15 is 0 Å². The molecule has 4 rings (SSSR count). The number of aromatic nitrogens is 4. The summed E-state index contributed by atoms with van der Waals surface area (Å²) in [4.78, 5) is 44.1. The lowest BCUT2D eigenvalue weighted by atomic mass is 9.94. The van der Waals surface area contributed by atoms with Crippen LogP contribution in [0, 0.1) is 5.41 Å². The first-order valence-corrected chi connectivity index (χ1v) is 12.7. The summed E-state index contributed by atoms with van der Waals surface area (Å²) in [5.74, 6) is -0.302. The van der Waals surface area contributed by atoms with E-state index in [0.717, 1.165) is 4.88 Å². The number of rotatable bonds is 11. The zero-order chi connectivity index (χ0) is 27.4. The number of halogens is 1. The average Bonchev–Trinajstić information content (AvgIpc) is 3.64. The fraction of sp³-hybridized carbons (Fsp3) is 0.320. The number of nitrogens with one attached hydrogen (secondary N) is 1. The van der Waals surface area contributed by atoms with Crippen molar-refractivity contribution in [1.29, 1.82) is 0 Å². The number of nitrogens with zero attached hydrogens (tertiary/aromatic N) is 4. The van der Waals surface area contributed by atoms with Crippen LogP contribution in [0.15, 0.2) is 52.0 Å². The zero-order valence-electron chi connectivity index (χ0n) is 21.2. The second-order valence-corrected chi connectivity index (χ2v) is 10.8. The molecular weight excluding hydrogens is 534 g/mol. The Morgan fingerprint density at radius 1 is 1.21 bits per heavy atom. The molecule has 0 aliphatic rings. The van der Waals surface area contributed by atoms with Gasteiger partial charge in [0.05, 0.1) is 48.4 Å². The molecule has 0 atom stereocenters. The van der Waals surface area contributed by atoms with E-state index in [9.17, 15) is 14.4 Å². The Morgan fingerprint density at radius 3 is 2.63 bits per heavy atom. The summed E-state index contributed by atoms with van der Waals surface area (Å²) < 4.78 is 18.8. The second-order valence-electron chi connectivity index (χ2n) is 8.97. The number of Topliss-reactive ketones (excluding diaryl/α,β-unsaturated/α-hetero) is 1. The normalized spacial score (nSPS) is 11.5. The van der Waals surface area contributed by atoms with Crippen LogP contribution in [0.25, 0.3) is 11.4 Å². The van der Waals surface area contributed by atoms with Gasteiger partial charge in [-0.15, -0.1) is 11.3 Å². The van der Waals surface area contributed by atoms with Gasteiger partial charge >= 0.3 is 0 Å². The molecule has 4 heterocycles. The van der Waals surface area contributed by atoms with Gasteiger partial charge in [-0.3, -0.25) is 19.0 Å². The Bertz CT molecular complexity index is 1500. The van der Waals surface area contributed by atoms with E-state index in [1.54, 1.807) is 32.0 Å². The summed E-state index contributed by atoms with van der Waals surface area (Å²) in [6.45, 7) is 3.69. The first-order chi connectivity index (χ1) is 18.1. The minimum atomic E-state index is -0.907. The van der Waals surface area contributed by atoms with E-state index in [0.29, 0.717) is 16.7 Å². The number of oxazole rings is 1. The van der Waals surface area contributed by atoms with Crippen molar-refractivity contribution in [2.75, 3.05) is 26.1 Å². The van der Waals surface area contributed by atoms with E-state index in [1.165, 1.54) is 53.3 Å². The molecule has 0 aliphatic carbocycles. The van der Waals surface area contributed by atoms with E-state index in [4.69, 9.17) is 25.5 Å². The summed E-state index contributed by atoms with van der Waals surface area (Å²) >= 11 is 7.47. The van der Waals surface area contributed by atoms with Crippen LogP contribution in [0.1, 0.15) is 34.2 Å². The van der Waals surface area contributed by atoms with Crippen molar-refractivity contribution in [3.63, 3.8) is 0 Å². The number of carbonyl (C=O) groups is 2.